The fraction of sp³-hybridized carbons (Fsp3) is 0.364. The molecule has 1 heterocycles. The molecule has 2 N–H and O–H groups in total. The van der Waals surface area contributed by atoms with Gasteiger partial charge in [0.25, 0.3) is 0 Å². The number of hydrogen-bond donors (Lipinski definition) is 2. The highest BCUT2D eigenvalue weighted by molar-refractivity contribution is 5.85. The van der Waals surface area contributed by atoms with Gasteiger partial charge >= 0.3 is 0 Å². The Morgan fingerprint density at radius 2 is 1.78 bits per heavy atom. The van der Waals surface area contributed by atoms with Crippen molar-refractivity contribution in [3.8, 4) is 0 Å². The number of guanidine groups is 1. The second-order valence-electron chi connectivity index (χ2n) is 6.70. The monoisotopic (exact) mass is 364 g/mol. The third-order valence-electron chi connectivity index (χ3n) is 4.72. The van der Waals surface area contributed by atoms with E-state index in [1.54, 1.807) is 0 Å². The van der Waals surface area contributed by atoms with Crippen LogP contribution in [-0.4, -0.2) is 42.9 Å². The van der Waals surface area contributed by atoms with Gasteiger partial charge in [-0.3, -0.25) is 4.79 Å². The zero-order valence-electron chi connectivity index (χ0n) is 15.9. The average molecular weight is 364 g/mol. The molecule has 2 aromatic carbocycles. The van der Waals surface area contributed by atoms with Crippen molar-refractivity contribution in [3.63, 3.8) is 0 Å². The lowest BCUT2D eigenvalue weighted by Gasteiger charge is -2.31. The van der Waals surface area contributed by atoms with Crippen LogP contribution in [0.3, 0.4) is 0 Å². The maximum atomic E-state index is 12.2. The van der Waals surface area contributed by atoms with Gasteiger partial charge in [-0.2, -0.15) is 0 Å². The Bertz CT molecular complexity index is 773. The van der Waals surface area contributed by atoms with Crippen LogP contribution in [-0.2, 0) is 24.2 Å². The lowest BCUT2D eigenvalue weighted by atomic mass is 10.0. The molecule has 0 aromatic heterocycles. The molecule has 0 radical (unpaired) electrons. The van der Waals surface area contributed by atoms with Crippen LogP contribution >= 0.6 is 0 Å². The summed E-state index contributed by atoms with van der Waals surface area (Å²) in [5.41, 5.74) is 3.96. The molecule has 5 nitrogen and oxygen atoms in total. The van der Waals surface area contributed by atoms with Crippen LogP contribution in [0.5, 0.6) is 0 Å². The van der Waals surface area contributed by atoms with Crippen LogP contribution in [0.4, 0.5) is 0 Å². The van der Waals surface area contributed by atoms with Gasteiger partial charge < -0.3 is 15.5 Å². The molecule has 1 amide bonds. The third-order valence-corrected chi connectivity index (χ3v) is 4.72. The third kappa shape index (κ3) is 5.58. The molecule has 27 heavy (non-hydrogen) atoms. The van der Waals surface area contributed by atoms with E-state index in [1.807, 2.05) is 25.1 Å². The first-order chi connectivity index (χ1) is 13.3. The number of nitrogens with one attached hydrogen (secondary N) is 2. The quantitative estimate of drug-likeness (QED) is 0.611. The highest BCUT2D eigenvalue weighted by Crippen LogP contribution is 2.18. The predicted molar refractivity (Wildman–Crippen MR) is 110 cm³/mol. The first kappa shape index (κ1) is 19.0. The smallest absolute Gasteiger partial charge is 0.241 e. The Labute approximate surface area is 161 Å². The Hall–Kier alpha value is -2.82. The van der Waals surface area contributed by atoms with Gasteiger partial charge in [0, 0.05) is 26.2 Å². The number of rotatable bonds is 6. The summed E-state index contributed by atoms with van der Waals surface area (Å²) in [5.74, 6) is 0.768. The summed E-state index contributed by atoms with van der Waals surface area (Å²) in [7, 11) is 0. The van der Waals surface area contributed by atoms with Gasteiger partial charge in [0.05, 0.1) is 0 Å². The molecule has 3 rings (SSSR count). The van der Waals surface area contributed by atoms with Crippen molar-refractivity contribution in [2.24, 2.45) is 4.99 Å². The van der Waals surface area contributed by atoms with Gasteiger partial charge in [-0.25, -0.2) is 4.99 Å². The number of hydrogen-bond acceptors (Lipinski definition) is 2. The molecule has 0 atom stereocenters. The number of benzene rings is 2. The van der Waals surface area contributed by atoms with Crippen molar-refractivity contribution >= 4 is 11.9 Å². The molecule has 142 valence electrons. The zero-order valence-corrected chi connectivity index (χ0v) is 15.9. The van der Waals surface area contributed by atoms with Crippen LogP contribution < -0.4 is 10.6 Å². The Morgan fingerprint density at radius 1 is 1.04 bits per heavy atom. The van der Waals surface area contributed by atoms with E-state index in [9.17, 15) is 4.79 Å². The number of nitrogens with zero attached hydrogens (tertiary/aromatic N) is 2. The van der Waals surface area contributed by atoms with Gasteiger partial charge in [-0.15, -0.1) is 0 Å². The number of aliphatic imine (C=N–C) groups is 1. The topological polar surface area (TPSA) is 56.7 Å². The number of carbonyl (C=O) groups is 1. The molecule has 1 aliphatic rings. The molecule has 5 heteroatoms. The molecule has 0 aliphatic carbocycles. The van der Waals surface area contributed by atoms with Crippen molar-refractivity contribution in [3.05, 3.63) is 71.3 Å². The van der Waals surface area contributed by atoms with Crippen molar-refractivity contribution in [2.75, 3.05) is 26.2 Å². The molecule has 0 saturated carbocycles. The van der Waals surface area contributed by atoms with Crippen molar-refractivity contribution in [1.82, 2.24) is 15.5 Å². The molecule has 0 unspecified atom stereocenters. The van der Waals surface area contributed by atoms with Gasteiger partial charge in [0.2, 0.25) is 5.91 Å². The summed E-state index contributed by atoms with van der Waals surface area (Å²) < 4.78 is 0. The van der Waals surface area contributed by atoms with E-state index in [1.165, 1.54) is 16.7 Å². The minimum atomic E-state index is -0.0428. The molecular weight excluding hydrogens is 336 g/mol. The molecule has 0 spiro atoms. The van der Waals surface area contributed by atoms with Gasteiger partial charge in [-0.1, -0.05) is 54.6 Å². The van der Waals surface area contributed by atoms with E-state index in [0.29, 0.717) is 6.54 Å². The van der Waals surface area contributed by atoms with E-state index in [2.05, 4.69) is 56.9 Å². The standard InChI is InChI=1S/C22H28N4O/c1-2-23-22(26-15-13-19-10-6-7-11-20(19)17-26)25-16-21(27)24-14-12-18-8-4-3-5-9-18/h3-11H,2,12-17H2,1H3,(H,23,25)(H,24,27). The maximum absolute atomic E-state index is 12.2. The van der Waals surface area contributed by atoms with Gasteiger partial charge in [0.15, 0.2) is 5.96 Å². The fourth-order valence-corrected chi connectivity index (χ4v) is 3.30. The van der Waals surface area contributed by atoms with Crippen LogP contribution in [0, 0.1) is 0 Å². The minimum absolute atomic E-state index is 0.0428. The minimum Gasteiger partial charge on any atom is -0.356 e. The van der Waals surface area contributed by atoms with E-state index in [-0.39, 0.29) is 12.5 Å². The molecular formula is C22H28N4O. The van der Waals surface area contributed by atoms with Gasteiger partial charge in [0.1, 0.15) is 6.54 Å². The largest absolute Gasteiger partial charge is 0.356 e. The Kier molecular flexibility index (Phi) is 6.85. The summed E-state index contributed by atoms with van der Waals surface area (Å²) >= 11 is 0. The number of amides is 1. The van der Waals surface area contributed by atoms with Crippen LogP contribution in [0.2, 0.25) is 0 Å². The zero-order chi connectivity index (χ0) is 18.9. The van der Waals surface area contributed by atoms with Crippen LogP contribution in [0.15, 0.2) is 59.6 Å². The highest BCUT2D eigenvalue weighted by Gasteiger charge is 2.18. The summed E-state index contributed by atoms with van der Waals surface area (Å²) in [6.07, 6.45) is 1.84. The average Bonchev–Trinajstić information content (AvgIpc) is 2.71. The predicted octanol–water partition coefficient (Wildman–Crippen LogP) is 2.37. The maximum Gasteiger partial charge on any atom is 0.241 e. The summed E-state index contributed by atoms with van der Waals surface area (Å²) in [6.45, 7) is 5.36. The summed E-state index contributed by atoms with van der Waals surface area (Å²) in [5, 5.41) is 6.27. The van der Waals surface area contributed by atoms with Crippen molar-refractivity contribution in [1.29, 1.82) is 0 Å². The number of carbonyl (C=O) groups excluding carboxylic acids is 1. The Balaban J connectivity index is 1.52. The molecule has 0 saturated heterocycles. The summed E-state index contributed by atoms with van der Waals surface area (Å²) in [6, 6.07) is 18.7. The van der Waals surface area contributed by atoms with Crippen molar-refractivity contribution in [2.45, 2.75) is 26.3 Å². The SMILES string of the molecule is CCNC(=NCC(=O)NCCc1ccccc1)N1CCc2ccccc2C1. The Morgan fingerprint density at radius 3 is 2.56 bits per heavy atom. The van der Waals surface area contributed by atoms with E-state index in [0.717, 1.165) is 38.4 Å². The molecule has 0 fully saturated rings. The first-order valence-electron chi connectivity index (χ1n) is 9.67. The number of fused-ring (bicyclic) bond motifs is 1. The lowest BCUT2D eigenvalue weighted by Crippen LogP contribution is -2.44. The van der Waals surface area contributed by atoms with E-state index < -0.39 is 0 Å². The van der Waals surface area contributed by atoms with Crippen LogP contribution in [0.25, 0.3) is 0 Å². The normalized spacial score (nSPS) is 13.8. The first-order valence-corrected chi connectivity index (χ1v) is 9.67. The van der Waals surface area contributed by atoms with Crippen molar-refractivity contribution < 1.29 is 4.79 Å². The van der Waals surface area contributed by atoms with E-state index in [4.69, 9.17) is 0 Å². The fourth-order valence-electron chi connectivity index (χ4n) is 3.30. The second kappa shape index (κ2) is 9.76. The lowest BCUT2D eigenvalue weighted by molar-refractivity contribution is -0.119. The van der Waals surface area contributed by atoms with E-state index >= 15 is 0 Å². The second-order valence-corrected chi connectivity index (χ2v) is 6.70. The summed E-state index contributed by atoms with van der Waals surface area (Å²) in [4.78, 5) is 18.9. The molecule has 2 aromatic rings. The molecule has 0 bridgehead atoms. The van der Waals surface area contributed by atoms with Gasteiger partial charge in [-0.05, 0) is 36.5 Å². The highest BCUT2D eigenvalue weighted by atomic mass is 16.1. The van der Waals surface area contributed by atoms with Crippen LogP contribution in [0.1, 0.15) is 23.6 Å². The molecule has 1 aliphatic heterocycles.